The van der Waals surface area contributed by atoms with E-state index in [0.29, 0.717) is 30.7 Å². The predicted octanol–water partition coefficient (Wildman–Crippen LogP) is 2.72. The van der Waals surface area contributed by atoms with Crippen molar-refractivity contribution >= 4 is 33.2 Å². The number of rotatable bonds is 5. The summed E-state index contributed by atoms with van der Waals surface area (Å²) in [6.07, 6.45) is 5.36. The summed E-state index contributed by atoms with van der Waals surface area (Å²) in [5, 5.41) is 4.08. The fourth-order valence-corrected chi connectivity index (χ4v) is 6.36. The van der Waals surface area contributed by atoms with Gasteiger partial charge in [0.05, 0.1) is 39.3 Å². The molecule has 1 fully saturated rings. The molecule has 5 rings (SSSR count). The van der Waals surface area contributed by atoms with E-state index in [1.54, 1.807) is 32.0 Å². The van der Waals surface area contributed by atoms with Crippen LogP contribution >= 0.6 is 0 Å². The predicted molar refractivity (Wildman–Crippen MR) is 132 cm³/mol. The summed E-state index contributed by atoms with van der Waals surface area (Å²) < 4.78 is 53.7. The van der Waals surface area contributed by atoms with E-state index in [9.17, 15) is 22.4 Å². The molecule has 4 heterocycles. The summed E-state index contributed by atoms with van der Waals surface area (Å²) in [4.78, 5) is 26.2. The lowest BCUT2D eigenvalue weighted by Gasteiger charge is -2.34. The lowest BCUT2D eigenvalue weighted by molar-refractivity contribution is 0.100. The standard InChI is InChI=1S/C25H26FN4O6S/c1-25(2,3)37(33,34)19-12-30-21(14(13-31)11-28-30)20(24(27)32)22(19)29-6-4-5-17(29)16-9-15(26)10-18-23(16)36-8-7-35-18/h9-12,17H,4-8H2,1-3H3,(H2,27,32)/t17-/m1/s1. The zero-order valence-corrected chi connectivity index (χ0v) is 21.4. The molecule has 0 spiro atoms. The van der Waals surface area contributed by atoms with E-state index in [4.69, 9.17) is 15.2 Å². The van der Waals surface area contributed by atoms with Crippen molar-refractivity contribution in [1.29, 1.82) is 0 Å². The number of primary amides is 1. The summed E-state index contributed by atoms with van der Waals surface area (Å²) in [6.45, 7) is 5.52. The van der Waals surface area contributed by atoms with Crippen LogP contribution in [-0.2, 0) is 14.6 Å². The van der Waals surface area contributed by atoms with E-state index < -0.39 is 32.4 Å². The summed E-state index contributed by atoms with van der Waals surface area (Å²) in [7, 11) is -4.06. The average molecular weight is 530 g/mol. The highest BCUT2D eigenvalue weighted by atomic mass is 32.2. The molecule has 0 aliphatic carbocycles. The van der Waals surface area contributed by atoms with Gasteiger partial charge in [0, 0.05) is 24.4 Å². The molecule has 2 aliphatic rings. The highest BCUT2D eigenvalue weighted by molar-refractivity contribution is 7.93. The molecule has 10 nitrogen and oxygen atoms in total. The van der Waals surface area contributed by atoms with Crippen LogP contribution in [0.3, 0.4) is 0 Å². The Morgan fingerprint density at radius 3 is 2.65 bits per heavy atom. The third-order valence-electron chi connectivity index (χ3n) is 6.73. The average Bonchev–Trinajstić information content (AvgIpc) is 3.48. The first-order valence-electron chi connectivity index (χ1n) is 11.8. The van der Waals surface area contributed by atoms with Gasteiger partial charge in [0.1, 0.15) is 23.9 Å². The number of pyridine rings is 1. The molecule has 12 heteroatoms. The lowest BCUT2D eigenvalue weighted by atomic mass is 10.0. The Kier molecular flexibility index (Phi) is 5.89. The number of sulfone groups is 1. The van der Waals surface area contributed by atoms with E-state index in [1.807, 2.05) is 0 Å². The number of carbonyl (C=O) groups is 1. The molecule has 0 unspecified atom stereocenters. The van der Waals surface area contributed by atoms with Crippen LogP contribution in [0.15, 0.2) is 29.4 Å². The Morgan fingerprint density at radius 1 is 1.24 bits per heavy atom. The number of hydrogen-bond donors (Lipinski definition) is 1. The largest absolute Gasteiger partial charge is 0.486 e. The van der Waals surface area contributed by atoms with E-state index in [0.717, 1.165) is 4.52 Å². The molecule has 1 aromatic carbocycles. The van der Waals surface area contributed by atoms with Gasteiger partial charge in [0.2, 0.25) is 6.29 Å². The molecule has 0 saturated carbocycles. The first-order valence-corrected chi connectivity index (χ1v) is 13.3. The summed E-state index contributed by atoms with van der Waals surface area (Å²) in [5.74, 6) is -0.838. The molecule has 0 bridgehead atoms. The lowest BCUT2D eigenvalue weighted by Crippen LogP contribution is -2.34. The molecule has 1 saturated heterocycles. The number of halogens is 1. The molecule has 2 aliphatic heterocycles. The molecule has 37 heavy (non-hydrogen) atoms. The van der Waals surface area contributed by atoms with Gasteiger partial charge in [-0.3, -0.25) is 9.59 Å². The Bertz CT molecular complexity index is 1540. The topological polar surface area (TPSA) is 133 Å². The number of aromatic nitrogens is 2. The number of benzene rings is 1. The van der Waals surface area contributed by atoms with Crippen LogP contribution in [-0.4, -0.2) is 54.7 Å². The minimum Gasteiger partial charge on any atom is -0.486 e. The number of hydrogen-bond acceptors (Lipinski definition) is 8. The van der Waals surface area contributed by atoms with Gasteiger partial charge in [-0.05, 0) is 39.7 Å². The molecule has 3 aromatic rings. The Morgan fingerprint density at radius 2 is 1.97 bits per heavy atom. The van der Waals surface area contributed by atoms with Crippen molar-refractivity contribution in [3.8, 4) is 11.5 Å². The normalized spacial score (nSPS) is 17.8. The maximum absolute atomic E-state index is 14.7. The van der Waals surface area contributed by atoms with E-state index in [2.05, 4.69) is 5.10 Å². The number of ether oxygens (including phenoxy) is 2. The van der Waals surface area contributed by atoms with Crippen LogP contribution in [0.25, 0.3) is 5.52 Å². The fraction of sp³-hybridized carbons (Fsp3) is 0.400. The van der Waals surface area contributed by atoms with Crippen molar-refractivity contribution in [2.45, 2.75) is 49.3 Å². The number of nitrogens with zero attached hydrogens (tertiary/aromatic N) is 3. The van der Waals surface area contributed by atoms with E-state index >= 15 is 0 Å². The van der Waals surface area contributed by atoms with Crippen LogP contribution in [0, 0.1) is 5.82 Å². The molecule has 2 aromatic heterocycles. The Labute approximate surface area is 213 Å². The minimum absolute atomic E-state index is 0.0367. The van der Waals surface area contributed by atoms with Crippen molar-refractivity contribution in [1.82, 2.24) is 9.61 Å². The summed E-state index contributed by atoms with van der Waals surface area (Å²) in [5.41, 5.74) is 6.20. The van der Waals surface area contributed by atoms with E-state index in [-0.39, 0.29) is 46.2 Å². The smallest absolute Gasteiger partial charge is 0.253 e. The fourth-order valence-electron chi connectivity index (χ4n) is 4.99. The highest BCUT2D eigenvalue weighted by Crippen LogP contribution is 2.48. The van der Waals surface area contributed by atoms with Gasteiger partial charge in [-0.15, -0.1) is 0 Å². The molecular formula is C25H26FN4O6S. The zero-order valence-electron chi connectivity index (χ0n) is 20.6. The first kappa shape index (κ1) is 25.0. The van der Waals surface area contributed by atoms with Crippen molar-refractivity contribution in [2.75, 3.05) is 24.7 Å². The zero-order chi connectivity index (χ0) is 26.7. The van der Waals surface area contributed by atoms with Crippen LogP contribution in [0.1, 0.15) is 61.1 Å². The van der Waals surface area contributed by atoms with Crippen LogP contribution in [0.2, 0.25) is 0 Å². The molecule has 1 amide bonds. The third-order valence-corrected chi connectivity index (χ3v) is 9.22. The van der Waals surface area contributed by atoms with Crippen molar-refractivity contribution in [3.05, 3.63) is 47.0 Å². The van der Waals surface area contributed by atoms with Crippen molar-refractivity contribution < 1.29 is 31.9 Å². The highest BCUT2D eigenvalue weighted by Gasteiger charge is 2.41. The van der Waals surface area contributed by atoms with Crippen molar-refractivity contribution in [3.63, 3.8) is 0 Å². The van der Waals surface area contributed by atoms with Gasteiger partial charge < -0.3 is 20.1 Å². The molecule has 195 valence electrons. The number of carbonyl (C=O) groups excluding carboxylic acids is 2. The van der Waals surface area contributed by atoms with Gasteiger partial charge in [-0.25, -0.2) is 17.3 Å². The maximum atomic E-state index is 14.7. The Balaban J connectivity index is 1.84. The van der Waals surface area contributed by atoms with Gasteiger partial charge in [-0.1, -0.05) is 0 Å². The molecule has 1 radical (unpaired) electrons. The summed E-state index contributed by atoms with van der Waals surface area (Å²) in [6, 6.07) is 2.01. The van der Waals surface area contributed by atoms with Crippen molar-refractivity contribution in [2.24, 2.45) is 5.73 Å². The minimum atomic E-state index is -4.06. The number of fused-ring (bicyclic) bond motifs is 2. The van der Waals surface area contributed by atoms with Gasteiger partial charge in [0.15, 0.2) is 21.3 Å². The van der Waals surface area contributed by atoms with Gasteiger partial charge >= 0.3 is 0 Å². The molecular weight excluding hydrogens is 503 g/mol. The monoisotopic (exact) mass is 529 g/mol. The van der Waals surface area contributed by atoms with Crippen LogP contribution in [0.4, 0.5) is 10.1 Å². The third kappa shape index (κ3) is 3.90. The quantitative estimate of drug-likeness (QED) is 0.533. The van der Waals surface area contributed by atoms with Gasteiger partial charge in [-0.2, -0.15) is 5.10 Å². The van der Waals surface area contributed by atoms with Gasteiger partial charge in [0.25, 0.3) is 5.91 Å². The van der Waals surface area contributed by atoms with E-state index in [1.165, 1.54) is 24.5 Å². The first-order chi connectivity index (χ1) is 17.5. The second-order valence-electron chi connectivity index (χ2n) is 10.0. The molecule has 2 N–H and O–H groups in total. The second kappa shape index (κ2) is 8.72. The number of anilines is 1. The number of amides is 1. The Hall–Kier alpha value is -3.67. The van der Waals surface area contributed by atoms with Crippen LogP contribution in [0.5, 0.6) is 11.5 Å². The maximum Gasteiger partial charge on any atom is 0.253 e. The van der Waals surface area contributed by atoms with Crippen LogP contribution < -0.4 is 20.1 Å². The molecule has 1 atom stereocenters. The SMILES string of the molecule is CC(C)(C)S(=O)(=O)c1cn2ncc([C]=O)c2c(C(N)=O)c1N1CCC[C@@H]1c1cc(F)cc2c1OCCO2. The second-order valence-corrected chi connectivity index (χ2v) is 12.7. The number of nitrogens with two attached hydrogens (primary N) is 1. The summed E-state index contributed by atoms with van der Waals surface area (Å²) >= 11 is 0.